The monoisotopic (exact) mass is 591 g/mol. The number of hydrazine groups is 1. The molecule has 3 aromatic carbocycles. The lowest BCUT2D eigenvalue weighted by atomic mass is 10.0. The molecule has 1 aromatic heterocycles. The van der Waals surface area contributed by atoms with Crippen molar-refractivity contribution in [3.63, 3.8) is 0 Å². The molecule has 1 aliphatic carbocycles. The number of rotatable bonds is 8. The first kappa shape index (κ1) is 29.9. The third kappa shape index (κ3) is 6.83. The molecule has 1 heterocycles. The molecule has 1 unspecified atom stereocenters. The van der Waals surface area contributed by atoms with Crippen LogP contribution in [0.15, 0.2) is 72.7 Å². The smallest absolute Gasteiger partial charge is 0.123 e. The maximum Gasteiger partial charge on any atom is 0.123 e. The van der Waals surface area contributed by atoms with Crippen LogP contribution in [-0.4, -0.2) is 16.0 Å². The van der Waals surface area contributed by atoms with Gasteiger partial charge >= 0.3 is 0 Å². The Morgan fingerprint density at radius 2 is 1.85 bits per heavy atom. The first-order valence-electron chi connectivity index (χ1n) is 13.3. The number of hydrogen-bond donors (Lipinski definition) is 4. The molecule has 5 rings (SSSR count). The number of nitrogens with one attached hydrogen (secondary N) is 2. The van der Waals surface area contributed by atoms with Crippen LogP contribution in [0.1, 0.15) is 49.4 Å². The van der Waals surface area contributed by atoms with Crippen molar-refractivity contribution in [2.75, 3.05) is 10.6 Å². The molecule has 1 aliphatic rings. The van der Waals surface area contributed by atoms with Crippen molar-refractivity contribution in [3.05, 3.63) is 105 Å². The summed E-state index contributed by atoms with van der Waals surface area (Å²) in [5.41, 5.74) is 11.3. The summed E-state index contributed by atoms with van der Waals surface area (Å²) in [4.78, 5) is 4.43. The number of fused-ring (bicyclic) bond motifs is 1. The van der Waals surface area contributed by atoms with Crippen LogP contribution in [0.5, 0.6) is 0 Å². The fourth-order valence-electron chi connectivity index (χ4n) is 4.35. The Morgan fingerprint density at radius 1 is 1.15 bits per heavy atom. The molecule has 0 radical (unpaired) electrons. The van der Waals surface area contributed by atoms with Gasteiger partial charge in [-0.2, -0.15) is 5.26 Å². The highest BCUT2D eigenvalue weighted by Gasteiger charge is 2.26. The van der Waals surface area contributed by atoms with E-state index in [4.69, 9.17) is 34.8 Å². The number of nitrogens with two attached hydrogens (primary N) is 2. The van der Waals surface area contributed by atoms with E-state index in [0.717, 1.165) is 29.7 Å². The number of aromatic nitrogens is 1. The first-order valence-corrected chi connectivity index (χ1v) is 14.1. The van der Waals surface area contributed by atoms with E-state index in [2.05, 4.69) is 21.7 Å². The number of pyridine rings is 1. The average molecular weight is 593 g/mol. The largest absolute Gasteiger partial charge is 0.399 e. The van der Waals surface area contributed by atoms with Crippen molar-refractivity contribution in [2.24, 2.45) is 11.6 Å². The summed E-state index contributed by atoms with van der Waals surface area (Å²) in [6.45, 7) is 5.89. The van der Waals surface area contributed by atoms with Crippen molar-refractivity contribution in [1.82, 2.24) is 9.99 Å². The SMILES string of the molecule is CC.Cc1c(Cl)cccc1Nc1c(C#N)cnc2c(Cl)cc(NC(/C(N)=C/N(N)C3CC3)c3ccc(F)cc3)cc12. The van der Waals surface area contributed by atoms with Gasteiger partial charge in [0, 0.05) is 40.2 Å². The van der Waals surface area contributed by atoms with Gasteiger partial charge in [-0.25, -0.2) is 10.2 Å². The Bertz CT molecular complexity index is 1610. The lowest BCUT2D eigenvalue weighted by molar-refractivity contribution is 0.378. The summed E-state index contributed by atoms with van der Waals surface area (Å²) < 4.78 is 13.7. The highest BCUT2D eigenvalue weighted by atomic mass is 35.5. The van der Waals surface area contributed by atoms with Crippen LogP contribution < -0.4 is 22.2 Å². The Balaban J connectivity index is 0.00000189. The zero-order chi connectivity index (χ0) is 29.7. The van der Waals surface area contributed by atoms with Crippen molar-refractivity contribution in [2.45, 2.75) is 45.7 Å². The summed E-state index contributed by atoms with van der Waals surface area (Å²) in [6.07, 6.45) is 5.20. The van der Waals surface area contributed by atoms with E-state index in [1.165, 1.54) is 18.3 Å². The van der Waals surface area contributed by atoms with Crippen LogP contribution in [0.3, 0.4) is 0 Å². The fraction of sp³-hybridized carbons (Fsp3) is 0.226. The highest BCUT2D eigenvalue weighted by Crippen LogP contribution is 2.37. The molecule has 7 nitrogen and oxygen atoms in total. The predicted octanol–water partition coefficient (Wildman–Crippen LogP) is 7.92. The van der Waals surface area contributed by atoms with Crippen molar-refractivity contribution in [1.29, 1.82) is 5.26 Å². The lowest BCUT2D eigenvalue weighted by Gasteiger charge is -2.24. The Hall–Kier alpha value is -4.03. The number of benzene rings is 3. The molecule has 6 N–H and O–H groups in total. The van der Waals surface area contributed by atoms with E-state index in [9.17, 15) is 9.65 Å². The molecule has 10 heteroatoms. The van der Waals surface area contributed by atoms with E-state index in [1.54, 1.807) is 35.5 Å². The molecule has 1 fully saturated rings. The van der Waals surface area contributed by atoms with Crippen molar-refractivity contribution >= 4 is 51.2 Å². The third-order valence-electron chi connectivity index (χ3n) is 6.69. The van der Waals surface area contributed by atoms with E-state index in [1.807, 2.05) is 39.0 Å². The van der Waals surface area contributed by atoms with Crippen LogP contribution in [-0.2, 0) is 0 Å². The number of nitrogens with zero attached hydrogens (tertiary/aromatic N) is 3. The molecule has 4 aromatic rings. The van der Waals surface area contributed by atoms with Gasteiger partial charge in [0.25, 0.3) is 0 Å². The molecule has 1 saturated carbocycles. The van der Waals surface area contributed by atoms with Gasteiger partial charge in [0.2, 0.25) is 0 Å². The molecule has 0 amide bonds. The minimum absolute atomic E-state index is 0.256. The number of halogens is 3. The van der Waals surface area contributed by atoms with Gasteiger partial charge < -0.3 is 21.4 Å². The van der Waals surface area contributed by atoms with E-state index in [-0.39, 0.29) is 11.9 Å². The van der Waals surface area contributed by atoms with Gasteiger partial charge in [-0.05, 0) is 67.3 Å². The summed E-state index contributed by atoms with van der Waals surface area (Å²) in [6, 6.07) is 17.1. The van der Waals surface area contributed by atoms with Gasteiger partial charge in [-0.1, -0.05) is 55.2 Å². The summed E-state index contributed by atoms with van der Waals surface area (Å²) >= 11 is 13.0. The van der Waals surface area contributed by atoms with Crippen LogP contribution >= 0.6 is 23.2 Å². The number of anilines is 3. The highest BCUT2D eigenvalue weighted by molar-refractivity contribution is 6.36. The number of hydrogen-bond acceptors (Lipinski definition) is 7. The van der Waals surface area contributed by atoms with Gasteiger partial charge in [0.05, 0.1) is 33.5 Å². The Morgan fingerprint density at radius 3 is 2.51 bits per heavy atom. The van der Waals surface area contributed by atoms with Crippen molar-refractivity contribution in [3.8, 4) is 6.07 Å². The molecule has 1 atom stereocenters. The molecular formula is C31H32Cl2FN7. The molecule has 0 bridgehead atoms. The normalized spacial score (nSPS) is 13.6. The average Bonchev–Trinajstić information content (AvgIpc) is 3.82. The van der Waals surface area contributed by atoms with E-state index in [0.29, 0.717) is 43.6 Å². The van der Waals surface area contributed by atoms with Gasteiger partial charge in [0.1, 0.15) is 11.9 Å². The molecule has 0 aliphatic heterocycles. The Labute approximate surface area is 249 Å². The minimum atomic E-state index is -0.539. The van der Waals surface area contributed by atoms with Gasteiger partial charge in [0.15, 0.2) is 0 Å². The number of nitriles is 1. The molecule has 0 saturated heterocycles. The first-order chi connectivity index (χ1) is 19.7. The third-order valence-corrected chi connectivity index (χ3v) is 7.38. The minimum Gasteiger partial charge on any atom is -0.399 e. The molecule has 0 spiro atoms. The van der Waals surface area contributed by atoms with Crippen LogP contribution in [0.4, 0.5) is 21.5 Å². The maximum absolute atomic E-state index is 13.7. The fourth-order valence-corrected chi connectivity index (χ4v) is 4.79. The van der Waals surface area contributed by atoms with E-state index >= 15 is 0 Å². The van der Waals surface area contributed by atoms with Crippen molar-refractivity contribution < 1.29 is 4.39 Å². The second-order valence-electron chi connectivity index (χ2n) is 9.49. The zero-order valence-corrected chi connectivity index (χ0v) is 24.6. The second-order valence-corrected chi connectivity index (χ2v) is 10.3. The second kappa shape index (κ2) is 13.1. The summed E-state index contributed by atoms with van der Waals surface area (Å²) in [5, 5.41) is 19.9. The van der Waals surface area contributed by atoms with Gasteiger partial charge in [-0.3, -0.25) is 4.98 Å². The van der Waals surface area contributed by atoms with Crippen LogP contribution in [0.2, 0.25) is 10.0 Å². The Kier molecular flexibility index (Phi) is 9.56. The van der Waals surface area contributed by atoms with Crippen LogP contribution in [0.25, 0.3) is 10.9 Å². The van der Waals surface area contributed by atoms with Gasteiger partial charge in [-0.15, -0.1) is 0 Å². The molecule has 212 valence electrons. The zero-order valence-electron chi connectivity index (χ0n) is 23.1. The standard InChI is InChI=1S/C29H26Cl2FN7.C2H6/c1-16-23(30)3-2-4-26(16)38-27-18(13-33)14-36-29-22(27)11-20(12-24(29)31)37-28(17-5-7-19(32)8-6-17)25(34)15-39(35)21-9-10-21;1-2/h2-8,11-12,14-15,21,28,37H,9-10,34-35H2,1H3,(H,36,38);1-2H3/b25-15-;. The maximum atomic E-state index is 13.7. The topological polar surface area (TPSA) is 116 Å². The predicted molar refractivity (Wildman–Crippen MR) is 166 cm³/mol. The van der Waals surface area contributed by atoms with E-state index < -0.39 is 6.04 Å². The summed E-state index contributed by atoms with van der Waals surface area (Å²) in [7, 11) is 0. The van der Waals surface area contributed by atoms with Crippen LogP contribution in [0, 0.1) is 24.1 Å². The lowest BCUT2D eigenvalue weighted by Crippen LogP contribution is -2.30. The molecule has 41 heavy (non-hydrogen) atoms. The quantitative estimate of drug-likeness (QED) is 0.121. The molecular weight excluding hydrogens is 560 g/mol. The summed E-state index contributed by atoms with van der Waals surface area (Å²) in [5.74, 6) is 5.82.